The fourth-order valence-electron chi connectivity index (χ4n) is 2.50. The number of amides is 1. The Bertz CT molecular complexity index is 1050. The Hall–Kier alpha value is -2.84. The number of aromatic nitrogens is 4. The van der Waals surface area contributed by atoms with Crippen LogP contribution in [-0.2, 0) is 0 Å². The Kier molecular flexibility index (Phi) is 4.83. The summed E-state index contributed by atoms with van der Waals surface area (Å²) in [7, 11) is 0. The standard InChI is InChI=1S/C19H17N5OS2/c1-12(2)17-22-23-18(27-17)21-16(25)15-14(13-8-4-3-5-9-13)20-19(26-15)24-10-6-7-11-24/h3-12H,1-2H3,(H,21,23,25). The Balaban J connectivity index is 1.70. The van der Waals surface area contributed by atoms with Crippen LogP contribution in [0.1, 0.15) is 34.4 Å². The molecule has 0 radical (unpaired) electrons. The lowest BCUT2D eigenvalue weighted by molar-refractivity contribution is 0.103. The summed E-state index contributed by atoms with van der Waals surface area (Å²) in [4.78, 5) is 18.2. The van der Waals surface area contributed by atoms with Gasteiger partial charge in [-0.3, -0.25) is 10.1 Å². The minimum Gasteiger partial charge on any atom is -0.300 e. The van der Waals surface area contributed by atoms with Crippen molar-refractivity contribution >= 4 is 33.7 Å². The van der Waals surface area contributed by atoms with Gasteiger partial charge in [-0.2, -0.15) is 0 Å². The number of hydrogen-bond donors (Lipinski definition) is 1. The maximum atomic E-state index is 13.0. The molecular weight excluding hydrogens is 378 g/mol. The first-order chi connectivity index (χ1) is 13.1. The maximum Gasteiger partial charge on any atom is 0.269 e. The van der Waals surface area contributed by atoms with E-state index in [1.807, 2.05) is 73.3 Å². The van der Waals surface area contributed by atoms with Crippen LogP contribution in [0.5, 0.6) is 0 Å². The van der Waals surface area contributed by atoms with Crippen LogP contribution in [-0.4, -0.2) is 25.7 Å². The molecule has 27 heavy (non-hydrogen) atoms. The van der Waals surface area contributed by atoms with E-state index >= 15 is 0 Å². The molecule has 4 rings (SSSR count). The van der Waals surface area contributed by atoms with Gasteiger partial charge in [0.05, 0.1) is 5.69 Å². The molecule has 8 heteroatoms. The molecule has 0 saturated carbocycles. The number of anilines is 1. The van der Waals surface area contributed by atoms with E-state index in [0.717, 1.165) is 15.7 Å². The lowest BCUT2D eigenvalue weighted by atomic mass is 10.1. The van der Waals surface area contributed by atoms with E-state index < -0.39 is 0 Å². The highest BCUT2D eigenvalue weighted by Crippen LogP contribution is 2.31. The molecule has 1 aromatic carbocycles. The van der Waals surface area contributed by atoms with Crippen LogP contribution in [0.4, 0.5) is 5.13 Å². The molecule has 0 aliphatic carbocycles. The molecule has 0 bridgehead atoms. The van der Waals surface area contributed by atoms with E-state index in [4.69, 9.17) is 4.98 Å². The Morgan fingerprint density at radius 3 is 2.44 bits per heavy atom. The molecule has 0 fully saturated rings. The number of rotatable bonds is 5. The first-order valence-electron chi connectivity index (χ1n) is 8.46. The zero-order valence-corrected chi connectivity index (χ0v) is 16.4. The van der Waals surface area contributed by atoms with Gasteiger partial charge in [0.25, 0.3) is 5.91 Å². The molecule has 0 saturated heterocycles. The molecule has 0 atom stereocenters. The number of thiazole rings is 1. The maximum absolute atomic E-state index is 13.0. The highest BCUT2D eigenvalue weighted by Gasteiger charge is 2.21. The molecule has 0 unspecified atom stereocenters. The average Bonchev–Trinajstić information content (AvgIpc) is 3.42. The van der Waals surface area contributed by atoms with Crippen LogP contribution in [0, 0.1) is 0 Å². The lowest BCUT2D eigenvalue weighted by Crippen LogP contribution is -2.11. The summed E-state index contributed by atoms with van der Waals surface area (Å²) < 4.78 is 1.90. The van der Waals surface area contributed by atoms with E-state index in [1.54, 1.807) is 0 Å². The zero-order valence-electron chi connectivity index (χ0n) is 14.8. The number of carbonyl (C=O) groups is 1. The Labute approximate surface area is 164 Å². The van der Waals surface area contributed by atoms with Crippen molar-refractivity contribution in [3.8, 4) is 16.4 Å². The number of carbonyl (C=O) groups excluding carboxylic acids is 1. The van der Waals surface area contributed by atoms with Gasteiger partial charge < -0.3 is 4.57 Å². The van der Waals surface area contributed by atoms with Gasteiger partial charge >= 0.3 is 0 Å². The number of hydrogen-bond acceptors (Lipinski definition) is 6. The van der Waals surface area contributed by atoms with E-state index in [0.29, 0.717) is 15.7 Å². The lowest BCUT2D eigenvalue weighted by Gasteiger charge is -2.02. The third-order valence-corrected chi connectivity index (χ3v) is 6.06. The molecule has 4 aromatic rings. The van der Waals surface area contributed by atoms with Crippen molar-refractivity contribution in [3.05, 3.63) is 64.7 Å². The minimum absolute atomic E-state index is 0.226. The van der Waals surface area contributed by atoms with Crippen molar-refractivity contribution in [3.63, 3.8) is 0 Å². The predicted molar refractivity (Wildman–Crippen MR) is 109 cm³/mol. The molecule has 0 aliphatic rings. The molecule has 1 N–H and O–H groups in total. The van der Waals surface area contributed by atoms with Crippen LogP contribution in [0.3, 0.4) is 0 Å². The van der Waals surface area contributed by atoms with Crippen molar-refractivity contribution in [1.29, 1.82) is 0 Å². The highest BCUT2D eigenvalue weighted by molar-refractivity contribution is 7.17. The van der Waals surface area contributed by atoms with Gasteiger partial charge in [0.2, 0.25) is 5.13 Å². The van der Waals surface area contributed by atoms with Gasteiger partial charge in [-0.1, -0.05) is 66.9 Å². The largest absolute Gasteiger partial charge is 0.300 e. The molecule has 136 valence electrons. The molecule has 1 amide bonds. The topological polar surface area (TPSA) is 72.7 Å². The van der Waals surface area contributed by atoms with Crippen molar-refractivity contribution in [2.75, 3.05) is 5.32 Å². The summed E-state index contributed by atoms with van der Waals surface area (Å²) in [5.74, 6) is 0.0491. The SMILES string of the molecule is CC(C)c1nnc(NC(=O)c2sc(-n3cccc3)nc2-c2ccccc2)s1. The fraction of sp³-hybridized carbons (Fsp3) is 0.158. The Morgan fingerprint density at radius 1 is 1.04 bits per heavy atom. The fourth-order valence-corrected chi connectivity index (χ4v) is 4.19. The summed E-state index contributed by atoms with van der Waals surface area (Å²) in [6.07, 6.45) is 3.82. The summed E-state index contributed by atoms with van der Waals surface area (Å²) >= 11 is 2.74. The second kappa shape index (κ2) is 7.42. The molecule has 6 nitrogen and oxygen atoms in total. The van der Waals surface area contributed by atoms with Crippen molar-refractivity contribution in [2.45, 2.75) is 19.8 Å². The molecule has 0 aliphatic heterocycles. The normalized spacial score (nSPS) is 11.1. The van der Waals surface area contributed by atoms with E-state index in [-0.39, 0.29) is 11.8 Å². The molecule has 3 aromatic heterocycles. The van der Waals surface area contributed by atoms with Crippen LogP contribution in [0.25, 0.3) is 16.4 Å². The zero-order chi connectivity index (χ0) is 18.8. The van der Waals surface area contributed by atoms with E-state index in [9.17, 15) is 4.79 Å². The molecule has 3 heterocycles. The van der Waals surface area contributed by atoms with E-state index in [2.05, 4.69) is 15.5 Å². The summed E-state index contributed by atoms with van der Waals surface area (Å²) in [6.45, 7) is 4.10. The highest BCUT2D eigenvalue weighted by atomic mass is 32.1. The quantitative estimate of drug-likeness (QED) is 0.525. The minimum atomic E-state index is -0.226. The first-order valence-corrected chi connectivity index (χ1v) is 10.1. The Morgan fingerprint density at radius 2 is 1.78 bits per heavy atom. The van der Waals surface area contributed by atoms with Crippen molar-refractivity contribution in [2.24, 2.45) is 0 Å². The van der Waals surface area contributed by atoms with Crippen LogP contribution in [0.15, 0.2) is 54.9 Å². The molecular formula is C19H17N5OS2. The van der Waals surface area contributed by atoms with Crippen LogP contribution < -0.4 is 5.32 Å². The predicted octanol–water partition coefficient (Wildman–Crippen LogP) is 4.83. The van der Waals surface area contributed by atoms with Gasteiger partial charge in [0.1, 0.15) is 9.88 Å². The third kappa shape index (κ3) is 3.67. The van der Waals surface area contributed by atoms with Crippen LogP contribution >= 0.6 is 22.7 Å². The second-order valence-corrected chi connectivity index (χ2v) is 8.17. The van der Waals surface area contributed by atoms with Gasteiger partial charge in [-0.25, -0.2) is 4.98 Å². The smallest absolute Gasteiger partial charge is 0.269 e. The van der Waals surface area contributed by atoms with E-state index in [1.165, 1.54) is 22.7 Å². The van der Waals surface area contributed by atoms with Gasteiger partial charge in [0.15, 0.2) is 5.13 Å². The second-order valence-electron chi connectivity index (χ2n) is 6.18. The van der Waals surface area contributed by atoms with Gasteiger partial charge in [0, 0.05) is 23.9 Å². The first kappa shape index (κ1) is 17.6. The summed E-state index contributed by atoms with van der Waals surface area (Å²) in [6, 6.07) is 13.6. The number of nitrogens with zero attached hydrogens (tertiary/aromatic N) is 4. The van der Waals surface area contributed by atoms with Gasteiger partial charge in [-0.15, -0.1) is 10.2 Å². The summed E-state index contributed by atoms with van der Waals surface area (Å²) in [5, 5.41) is 13.2. The number of benzene rings is 1. The average molecular weight is 396 g/mol. The third-order valence-electron chi connectivity index (χ3n) is 3.85. The van der Waals surface area contributed by atoms with Crippen molar-refractivity contribution < 1.29 is 4.79 Å². The van der Waals surface area contributed by atoms with Crippen molar-refractivity contribution in [1.82, 2.24) is 19.7 Å². The monoisotopic (exact) mass is 395 g/mol. The van der Waals surface area contributed by atoms with Crippen LogP contribution in [0.2, 0.25) is 0 Å². The molecule has 0 spiro atoms. The van der Waals surface area contributed by atoms with Gasteiger partial charge in [-0.05, 0) is 12.1 Å². The summed E-state index contributed by atoms with van der Waals surface area (Å²) in [5.41, 5.74) is 1.56. The number of nitrogens with one attached hydrogen (secondary N) is 1.